The average molecular weight is 1050 g/mol. The largest absolute Gasteiger partial charge is 0.504 e. The molecule has 1 aliphatic carbocycles. The second kappa shape index (κ2) is 28.6. The number of esters is 1. The van der Waals surface area contributed by atoms with Gasteiger partial charge in [0.15, 0.2) is 11.5 Å². The molecule has 76 heavy (non-hydrogen) atoms. The predicted octanol–water partition coefficient (Wildman–Crippen LogP) is 6.62. The number of ether oxygens (including phenoxy) is 5. The molecule has 4 aromatic rings. The molecule has 19 nitrogen and oxygen atoms in total. The van der Waals surface area contributed by atoms with Gasteiger partial charge in [-0.3, -0.25) is 14.8 Å². The van der Waals surface area contributed by atoms with Crippen molar-refractivity contribution in [2.75, 3.05) is 84.2 Å². The highest BCUT2D eigenvalue weighted by molar-refractivity contribution is 5.92. The average Bonchev–Trinajstić information content (AvgIpc) is 3.77. The first-order chi connectivity index (χ1) is 36.5. The highest BCUT2D eigenvalue weighted by Crippen LogP contribution is 2.57. The van der Waals surface area contributed by atoms with Gasteiger partial charge in [-0.05, 0) is 133 Å². The lowest BCUT2D eigenvalue weighted by atomic mass is 9.53. The van der Waals surface area contributed by atoms with Gasteiger partial charge in [0.1, 0.15) is 17.3 Å². The summed E-state index contributed by atoms with van der Waals surface area (Å²) in [6.45, 7) is 17.9. The van der Waals surface area contributed by atoms with Crippen LogP contribution >= 0.6 is 0 Å². The first-order valence-electron chi connectivity index (χ1n) is 26.5. The number of aryl methyl sites for hydroxylation is 3. The van der Waals surface area contributed by atoms with E-state index in [9.17, 15) is 29.7 Å². The van der Waals surface area contributed by atoms with Crippen molar-refractivity contribution in [2.24, 2.45) is 11.6 Å². The van der Waals surface area contributed by atoms with Crippen LogP contribution in [0.4, 0.5) is 5.69 Å². The van der Waals surface area contributed by atoms with Crippen LogP contribution in [0.5, 0.6) is 23.0 Å². The Morgan fingerprint density at radius 3 is 2.33 bits per heavy atom. The normalized spacial score (nSPS) is 18.7. The lowest BCUT2D eigenvalue weighted by molar-refractivity contribution is -0.163. The fraction of sp³-hybridized carbons (Fsp3) is 0.509. The van der Waals surface area contributed by atoms with Crippen molar-refractivity contribution in [2.45, 2.75) is 109 Å². The lowest BCUT2D eigenvalue weighted by Gasteiger charge is -2.59. The monoisotopic (exact) mass is 1050 g/mol. The SMILES string of the molecule is C=CCN1CCC2(c3c(C)ccc(OC(=O)c4ccc(NC/C(N)=C/N(N)CCOCCOCCNCCCCCCOc5cc(OCCCc6c(C)n[nH]c6C)cc(C(=O)O)c5)cc4)c3O)CC(=O)CCC2(O)C1C. The summed E-state index contributed by atoms with van der Waals surface area (Å²) in [7, 11) is 0. The van der Waals surface area contributed by atoms with Gasteiger partial charge in [-0.25, -0.2) is 15.4 Å². The van der Waals surface area contributed by atoms with E-state index in [0.717, 1.165) is 63.0 Å². The Morgan fingerprint density at radius 1 is 0.921 bits per heavy atom. The zero-order valence-electron chi connectivity index (χ0n) is 44.8. The molecule has 1 saturated carbocycles. The van der Waals surface area contributed by atoms with Crippen molar-refractivity contribution in [1.29, 1.82) is 0 Å². The number of nitrogens with one attached hydrogen (secondary N) is 3. The number of aromatic nitrogens is 2. The van der Waals surface area contributed by atoms with Crippen LogP contribution in [0.1, 0.15) is 114 Å². The van der Waals surface area contributed by atoms with Crippen molar-refractivity contribution < 1.29 is 53.4 Å². The number of aromatic hydroxyl groups is 1. The number of H-pyrrole nitrogens is 1. The Bertz CT molecular complexity index is 2570. The number of rotatable bonds is 32. The molecule has 10 N–H and O–H groups in total. The molecule has 3 unspecified atom stereocenters. The number of hydrogen-bond acceptors (Lipinski definition) is 17. The van der Waals surface area contributed by atoms with Gasteiger partial charge in [0.2, 0.25) is 0 Å². The minimum absolute atomic E-state index is 0.0263. The van der Waals surface area contributed by atoms with E-state index in [0.29, 0.717) is 99.7 Å². The number of hydrazine groups is 1. The minimum atomic E-state index is -1.30. The van der Waals surface area contributed by atoms with E-state index in [1.165, 1.54) is 28.8 Å². The fourth-order valence-electron chi connectivity index (χ4n) is 10.4. The van der Waals surface area contributed by atoms with E-state index < -0.39 is 23.0 Å². The number of hydrogen-bond donors (Lipinski definition) is 8. The Morgan fingerprint density at radius 2 is 1.63 bits per heavy atom. The summed E-state index contributed by atoms with van der Waals surface area (Å²) in [5.41, 5.74) is 9.82. The number of piperidine rings is 1. The van der Waals surface area contributed by atoms with Crippen molar-refractivity contribution >= 4 is 23.4 Å². The highest BCUT2D eigenvalue weighted by Gasteiger charge is 2.62. The Labute approximate surface area is 446 Å². The number of phenols is 1. The number of nitrogens with two attached hydrogens (primary N) is 2. The van der Waals surface area contributed by atoms with Crippen LogP contribution in [-0.4, -0.2) is 144 Å². The molecule has 2 heterocycles. The fourth-order valence-corrected chi connectivity index (χ4v) is 10.4. The molecule has 19 heteroatoms. The van der Waals surface area contributed by atoms with E-state index in [1.54, 1.807) is 48.7 Å². The highest BCUT2D eigenvalue weighted by atomic mass is 16.5. The van der Waals surface area contributed by atoms with Crippen molar-refractivity contribution in [3.05, 3.63) is 118 Å². The summed E-state index contributed by atoms with van der Waals surface area (Å²) in [4.78, 5) is 40.3. The van der Waals surface area contributed by atoms with Crippen LogP contribution in [0.25, 0.3) is 0 Å². The summed E-state index contributed by atoms with van der Waals surface area (Å²) in [6.07, 6.45) is 9.97. The molecule has 414 valence electrons. The number of nitrogens with zero attached hydrogens (tertiary/aromatic N) is 3. The topological polar surface area (TPSA) is 269 Å². The van der Waals surface area contributed by atoms with Crippen molar-refractivity contribution in [3.8, 4) is 23.0 Å². The number of carboxylic acids is 1. The van der Waals surface area contributed by atoms with Crippen molar-refractivity contribution in [1.82, 2.24) is 25.4 Å². The number of carboxylic acid groups (broad SMARTS) is 1. The number of aromatic carboxylic acids is 1. The van der Waals surface area contributed by atoms with Crippen LogP contribution in [0, 0.1) is 20.8 Å². The second-order valence-electron chi connectivity index (χ2n) is 19.9. The molecule has 0 radical (unpaired) electrons. The van der Waals surface area contributed by atoms with Gasteiger partial charge in [0.05, 0.1) is 75.2 Å². The summed E-state index contributed by atoms with van der Waals surface area (Å²) in [5.74, 6) is 5.13. The van der Waals surface area contributed by atoms with Gasteiger partial charge in [-0.2, -0.15) is 5.10 Å². The first kappa shape index (κ1) is 58.8. The third kappa shape index (κ3) is 15.8. The maximum atomic E-state index is 13.4. The summed E-state index contributed by atoms with van der Waals surface area (Å²) < 4.78 is 28.9. The van der Waals surface area contributed by atoms with Crippen LogP contribution in [0.2, 0.25) is 0 Å². The number of anilines is 1. The number of unbranched alkanes of at least 4 members (excludes halogenated alkanes) is 3. The zero-order chi connectivity index (χ0) is 54.7. The van der Waals surface area contributed by atoms with Gasteiger partial charge >= 0.3 is 11.9 Å². The third-order valence-electron chi connectivity index (χ3n) is 14.6. The molecule has 0 spiro atoms. The first-order valence-corrected chi connectivity index (χ1v) is 26.5. The summed E-state index contributed by atoms with van der Waals surface area (Å²) >= 11 is 0. The van der Waals surface area contributed by atoms with Gasteiger partial charge in [0, 0.05) is 72.3 Å². The third-order valence-corrected chi connectivity index (χ3v) is 14.6. The quantitative estimate of drug-likeness (QED) is 0.00637. The maximum Gasteiger partial charge on any atom is 0.343 e. The number of ketones is 1. The molecule has 1 aliphatic heterocycles. The zero-order valence-corrected chi connectivity index (χ0v) is 44.8. The van der Waals surface area contributed by atoms with Crippen molar-refractivity contribution in [3.63, 3.8) is 0 Å². The van der Waals surface area contributed by atoms with Crippen LogP contribution < -0.4 is 36.4 Å². The number of phenolic OH excluding ortho intramolecular Hbond substituents is 1. The maximum absolute atomic E-state index is 13.4. The predicted molar refractivity (Wildman–Crippen MR) is 291 cm³/mol. The molecule has 0 amide bonds. The van der Waals surface area contributed by atoms with E-state index in [-0.39, 0.29) is 60.3 Å². The Kier molecular flexibility index (Phi) is 22.1. The molecule has 2 aliphatic rings. The number of aliphatic hydroxyl groups is 1. The standard InChI is InChI=1S/C57H80N8O11/c1-6-24-64-25-21-56(36-47(66)19-20-57(56,71)42(64)5)52-39(2)13-18-51(53(52)67)76-55(70)43-14-16-46(17-15-43)61-37-45(58)38-65(59)26-30-73-32-31-72-29-23-60-22-9-7-8-10-27-74-48-33-44(54(68)69)34-49(35-48)75-28-11-12-50-40(3)62-63-41(50)4/h6,13-18,33-35,38,42,60-61,67,71H,1,7-12,19-32,36-37,58-59H2,2-5H3,(H,62,63)(H,68,69)/b45-38-. The molecule has 3 atom stereocenters. The van der Waals surface area contributed by atoms with Gasteiger partial charge in [-0.15, -0.1) is 6.58 Å². The number of carbonyl (C=O) groups is 3. The summed E-state index contributed by atoms with van der Waals surface area (Å²) in [5, 5.41) is 49.0. The smallest absolute Gasteiger partial charge is 0.343 e. The van der Waals surface area contributed by atoms with E-state index in [1.807, 2.05) is 27.7 Å². The minimum Gasteiger partial charge on any atom is -0.504 e. The molecule has 0 bridgehead atoms. The molecule has 2 fully saturated rings. The molecule has 3 aromatic carbocycles. The molecular formula is C57H80N8O11. The van der Waals surface area contributed by atoms with E-state index >= 15 is 0 Å². The number of likely N-dealkylation sites (tertiary alicyclic amines) is 1. The van der Waals surface area contributed by atoms with Crippen LogP contribution in [0.15, 0.2) is 79.1 Å². The summed E-state index contributed by atoms with van der Waals surface area (Å²) in [6, 6.07) is 14.4. The van der Waals surface area contributed by atoms with E-state index in [2.05, 4.69) is 32.3 Å². The molecular weight excluding hydrogens is 973 g/mol. The molecule has 6 rings (SSSR count). The van der Waals surface area contributed by atoms with Crippen LogP contribution in [-0.2, 0) is 26.1 Å². The van der Waals surface area contributed by atoms with Gasteiger partial charge < -0.3 is 60.4 Å². The number of carbonyl (C=O) groups excluding carboxylic acids is 2. The van der Waals surface area contributed by atoms with Gasteiger partial charge in [0.25, 0.3) is 0 Å². The molecule has 1 saturated heterocycles. The number of aromatic amines is 1. The number of Topliss-reactive ketones (excluding diaryl/α,β-unsaturated/α-hetero) is 1. The second-order valence-corrected chi connectivity index (χ2v) is 19.9. The Hall–Kier alpha value is -6.48. The number of benzene rings is 3. The Balaban J connectivity index is 0.794. The van der Waals surface area contributed by atoms with Crippen LogP contribution in [0.3, 0.4) is 0 Å². The molecule has 1 aromatic heterocycles. The lowest BCUT2D eigenvalue weighted by Crippen LogP contribution is -2.69. The number of fused-ring (bicyclic) bond motifs is 1. The van der Waals surface area contributed by atoms with E-state index in [4.69, 9.17) is 35.3 Å². The van der Waals surface area contributed by atoms with Gasteiger partial charge in [-0.1, -0.05) is 25.0 Å².